The SMILES string of the molecule is CNC1CCC(Sc2ccc(NC(C)=O)cc2)C1. The Bertz CT molecular complexity index is 405. The number of hydrogen-bond donors (Lipinski definition) is 2. The van der Waals surface area contributed by atoms with Crippen LogP contribution in [-0.4, -0.2) is 24.2 Å². The second-order valence-electron chi connectivity index (χ2n) is 4.74. The summed E-state index contributed by atoms with van der Waals surface area (Å²) < 4.78 is 0. The highest BCUT2D eigenvalue weighted by Gasteiger charge is 2.23. The second kappa shape index (κ2) is 6.25. The lowest BCUT2D eigenvalue weighted by Gasteiger charge is -2.11. The van der Waals surface area contributed by atoms with Crippen LogP contribution in [0.5, 0.6) is 0 Å². The van der Waals surface area contributed by atoms with Crippen LogP contribution in [0.3, 0.4) is 0 Å². The summed E-state index contributed by atoms with van der Waals surface area (Å²) in [5.74, 6) is -0.0249. The van der Waals surface area contributed by atoms with Gasteiger partial charge in [-0.05, 0) is 50.6 Å². The van der Waals surface area contributed by atoms with Gasteiger partial charge in [-0.3, -0.25) is 4.79 Å². The van der Waals surface area contributed by atoms with Gasteiger partial charge in [-0.1, -0.05) is 0 Å². The predicted molar refractivity (Wildman–Crippen MR) is 77.1 cm³/mol. The summed E-state index contributed by atoms with van der Waals surface area (Å²) >= 11 is 1.95. The first-order valence-corrected chi connectivity index (χ1v) is 7.27. The zero-order chi connectivity index (χ0) is 13.0. The molecule has 1 aliphatic carbocycles. The first kappa shape index (κ1) is 13.4. The van der Waals surface area contributed by atoms with Gasteiger partial charge < -0.3 is 10.6 Å². The maximum Gasteiger partial charge on any atom is 0.221 e. The highest BCUT2D eigenvalue weighted by molar-refractivity contribution is 8.00. The number of benzene rings is 1. The molecule has 3 nitrogen and oxygen atoms in total. The molecule has 1 aliphatic rings. The standard InChI is InChI=1S/C14H20N2OS/c1-10(17)16-11-3-6-13(7-4-11)18-14-8-5-12(9-14)15-2/h3-4,6-7,12,14-15H,5,8-9H2,1-2H3,(H,16,17). The number of nitrogens with one attached hydrogen (secondary N) is 2. The Labute approximate surface area is 113 Å². The quantitative estimate of drug-likeness (QED) is 0.878. The van der Waals surface area contributed by atoms with Gasteiger partial charge in [0.1, 0.15) is 0 Å². The summed E-state index contributed by atoms with van der Waals surface area (Å²) in [6.45, 7) is 1.53. The van der Waals surface area contributed by atoms with E-state index in [1.807, 2.05) is 30.9 Å². The maximum absolute atomic E-state index is 10.9. The summed E-state index contributed by atoms with van der Waals surface area (Å²) in [6.07, 6.45) is 3.80. The molecular weight excluding hydrogens is 244 g/mol. The molecule has 0 radical (unpaired) electrons. The average molecular weight is 264 g/mol. The molecule has 0 bridgehead atoms. The molecule has 98 valence electrons. The van der Waals surface area contributed by atoms with E-state index < -0.39 is 0 Å². The number of rotatable bonds is 4. The van der Waals surface area contributed by atoms with Crippen LogP contribution < -0.4 is 10.6 Å². The van der Waals surface area contributed by atoms with Crippen molar-refractivity contribution in [1.29, 1.82) is 0 Å². The zero-order valence-corrected chi connectivity index (χ0v) is 11.7. The van der Waals surface area contributed by atoms with E-state index in [1.165, 1.54) is 31.1 Å². The highest BCUT2D eigenvalue weighted by Crippen LogP contribution is 2.35. The summed E-state index contributed by atoms with van der Waals surface area (Å²) in [5.41, 5.74) is 0.867. The lowest BCUT2D eigenvalue weighted by Crippen LogP contribution is -2.21. The topological polar surface area (TPSA) is 41.1 Å². The van der Waals surface area contributed by atoms with Crippen molar-refractivity contribution in [3.63, 3.8) is 0 Å². The largest absolute Gasteiger partial charge is 0.326 e. The summed E-state index contributed by atoms with van der Waals surface area (Å²) in [4.78, 5) is 12.2. The number of thioether (sulfide) groups is 1. The molecular formula is C14H20N2OS. The molecule has 0 aromatic heterocycles. The smallest absolute Gasteiger partial charge is 0.221 e. The Kier molecular flexibility index (Phi) is 4.66. The molecule has 1 saturated carbocycles. The fourth-order valence-electron chi connectivity index (χ4n) is 2.32. The third-order valence-corrected chi connectivity index (χ3v) is 4.58. The fraction of sp³-hybridized carbons (Fsp3) is 0.500. The van der Waals surface area contributed by atoms with Crippen LogP contribution in [-0.2, 0) is 4.79 Å². The Hall–Kier alpha value is -1.00. The molecule has 1 fully saturated rings. The zero-order valence-electron chi connectivity index (χ0n) is 10.9. The van der Waals surface area contributed by atoms with Gasteiger partial charge in [0.15, 0.2) is 0 Å². The molecule has 2 rings (SSSR count). The van der Waals surface area contributed by atoms with Crippen LogP contribution in [0.25, 0.3) is 0 Å². The lowest BCUT2D eigenvalue weighted by molar-refractivity contribution is -0.114. The molecule has 1 amide bonds. The highest BCUT2D eigenvalue weighted by atomic mass is 32.2. The Balaban J connectivity index is 1.88. The second-order valence-corrected chi connectivity index (χ2v) is 6.12. The molecule has 1 aromatic carbocycles. The minimum Gasteiger partial charge on any atom is -0.326 e. The molecule has 0 aliphatic heterocycles. The van der Waals surface area contributed by atoms with Gasteiger partial charge in [-0.15, -0.1) is 11.8 Å². The lowest BCUT2D eigenvalue weighted by atomic mass is 10.3. The fourth-order valence-corrected chi connectivity index (χ4v) is 3.58. The number of carbonyl (C=O) groups is 1. The van der Waals surface area contributed by atoms with Crippen LogP contribution in [0.2, 0.25) is 0 Å². The van der Waals surface area contributed by atoms with Gasteiger partial charge in [-0.2, -0.15) is 0 Å². The third kappa shape index (κ3) is 3.75. The third-order valence-electron chi connectivity index (χ3n) is 3.27. The van der Waals surface area contributed by atoms with Crippen molar-refractivity contribution >= 4 is 23.4 Å². The number of hydrogen-bond acceptors (Lipinski definition) is 3. The molecule has 2 unspecified atom stereocenters. The van der Waals surface area contributed by atoms with E-state index in [1.54, 1.807) is 0 Å². The maximum atomic E-state index is 10.9. The van der Waals surface area contributed by atoms with E-state index in [9.17, 15) is 4.79 Å². The van der Waals surface area contributed by atoms with Crippen LogP contribution in [0.15, 0.2) is 29.2 Å². The van der Waals surface area contributed by atoms with Crippen LogP contribution in [0.1, 0.15) is 26.2 Å². The molecule has 18 heavy (non-hydrogen) atoms. The van der Waals surface area contributed by atoms with Gasteiger partial charge in [0, 0.05) is 28.8 Å². The molecule has 1 aromatic rings. The van der Waals surface area contributed by atoms with Gasteiger partial charge >= 0.3 is 0 Å². The monoisotopic (exact) mass is 264 g/mol. The van der Waals surface area contributed by atoms with Crippen LogP contribution in [0.4, 0.5) is 5.69 Å². The van der Waals surface area contributed by atoms with Crippen molar-refractivity contribution in [2.45, 2.75) is 42.4 Å². The molecule has 0 saturated heterocycles. The van der Waals surface area contributed by atoms with E-state index in [-0.39, 0.29) is 5.91 Å². The molecule has 0 spiro atoms. The van der Waals surface area contributed by atoms with E-state index in [4.69, 9.17) is 0 Å². The van der Waals surface area contributed by atoms with Crippen LogP contribution in [0, 0.1) is 0 Å². The van der Waals surface area contributed by atoms with Crippen molar-refractivity contribution in [1.82, 2.24) is 5.32 Å². The van der Waals surface area contributed by atoms with Crippen molar-refractivity contribution < 1.29 is 4.79 Å². The average Bonchev–Trinajstić information content (AvgIpc) is 2.79. The van der Waals surface area contributed by atoms with E-state index >= 15 is 0 Å². The van der Waals surface area contributed by atoms with Crippen LogP contribution >= 0.6 is 11.8 Å². The minimum atomic E-state index is -0.0249. The number of amides is 1. The molecule has 0 heterocycles. The Morgan fingerprint density at radius 1 is 1.28 bits per heavy atom. The van der Waals surface area contributed by atoms with Gasteiger partial charge in [-0.25, -0.2) is 0 Å². The summed E-state index contributed by atoms with van der Waals surface area (Å²) in [5, 5.41) is 6.85. The summed E-state index contributed by atoms with van der Waals surface area (Å²) in [7, 11) is 2.04. The number of carbonyl (C=O) groups excluding carboxylic acids is 1. The van der Waals surface area contributed by atoms with Gasteiger partial charge in [0.05, 0.1) is 0 Å². The van der Waals surface area contributed by atoms with Crippen molar-refractivity contribution in [3.05, 3.63) is 24.3 Å². The minimum absolute atomic E-state index is 0.0249. The molecule has 2 atom stereocenters. The van der Waals surface area contributed by atoms with Crippen molar-refractivity contribution in [3.8, 4) is 0 Å². The van der Waals surface area contributed by atoms with Crippen molar-refractivity contribution in [2.24, 2.45) is 0 Å². The molecule has 4 heteroatoms. The first-order valence-electron chi connectivity index (χ1n) is 6.39. The van der Waals surface area contributed by atoms with E-state index in [0.29, 0.717) is 11.3 Å². The van der Waals surface area contributed by atoms with E-state index in [0.717, 1.165) is 5.69 Å². The van der Waals surface area contributed by atoms with Crippen molar-refractivity contribution in [2.75, 3.05) is 12.4 Å². The molecule has 2 N–H and O–H groups in total. The Morgan fingerprint density at radius 2 is 2.00 bits per heavy atom. The Morgan fingerprint density at radius 3 is 2.56 bits per heavy atom. The normalized spacial score (nSPS) is 23.0. The van der Waals surface area contributed by atoms with E-state index in [2.05, 4.69) is 22.8 Å². The first-order chi connectivity index (χ1) is 8.67. The number of anilines is 1. The van der Waals surface area contributed by atoms with Gasteiger partial charge in [0.25, 0.3) is 0 Å². The van der Waals surface area contributed by atoms with Gasteiger partial charge in [0.2, 0.25) is 5.91 Å². The predicted octanol–water partition coefficient (Wildman–Crippen LogP) is 2.88. The summed E-state index contributed by atoms with van der Waals surface area (Å²) in [6, 6.07) is 8.79.